The van der Waals surface area contributed by atoms with Crippen molar-refractivity contribution in [2.45, 2.75) is 59.0 Å². The molecule has 1 nitrogen and oxygen atoms in total. The third kappa shape index (κ3) is 5.08. The van der Waals surface area contributed by atoms with Crippen LogP contribution in [0, 0.1) is 0 Å². The quantitative estimate of drug-likeness (QED) is 0.207. The van der Waals surface area contributed by atoms with E-state index in [0.717, 1.165) is 0 Å². The van der Waals surface area contributed by atoms with Crippen LogP contribution in [0.2, 0.25) is 0 Å². The van der Waals surface area contributed by atoms with Gasteiger partial charge >= 0.3 is 0 Å². The highest BCUT2D eigenvalue weighted by molar-refractivity contribution is 7.79. The zero-order chi connectivity index (χ0) is 21.7. The summed E-state index contributed by atoms with van der Waals surface area (Å²) < 4.78 is 2.37. The van der Waals surface area contributed by atoms with Crippen molar-refractivity contribution in [3.8, 4) is 0 Å². The molecule has 0 saturated carbocycles. The minimum Gasteiger partial charge on any atom is -0.408 e. The largest absolute Gasteiger partial charge is 0.408 e. The van der Waals surface area contributed by atoms with E-state index in [0.29, 0.717) is 12.1 Å². The smallest absolute Gasteiger partial charge is 0.115 e. The highest BCUT2D eigenvalue weighted by atomic mass is 31.1. The molecule has 2 heteroatoms. The van der Waals surface area contributed by atoms with Gasteiger partial charge in [0, 0.05) is 0 Å². The lowest BCUT2D eigenvalue weighted by Crippen LogP contribution is -2.38. The van der Waals surface area contributed by atoms with Crippen molar-refractivity contribution < 1.29 is 4.58 Å². The van der Waals surface area contributed by atoms with Crippen LogP contribution < -0.4 is 15.9 Å². The number of nitrogens with zero attached hydrogens (tertiary/aromatic N) is 1. The van der Waals surface area contributed by atoms with Crippen LogP contribution in [0.5, 0.6) is 0 Å². The lowest BCUT2D eigenvalue weighted by atomic mass is 9.85. The van der Waals surface area contributed by atoms with Crippen molar-refractivity contribution >= 4 is 30.0 Å². The second-order valence-electron chi connectivity index (χ2n) is 8.86. The van der Waals surface area contributed by atoms with Crippen LogP contribution in [0.25, 0.3) is 0 Å². The number of hydrogen-bond donors (Lipinski definition) is 0. The second-order valence-corrected chi connectivity index (χ2v) is 11.0. The Morgan fingerprint density at radius 2 is 1.10 bits per heavy atom. The Hall–Kier alpha value is -2.24. The molecule has 3 aromatic carbocycles. The molecule has 0 radical (unpaired) electrons. The van der Waals surface area contributed by atoms with Crippen molar-refractivity contribution in [2.24, 2.45) is 0 Å². The van der Waals surface area contributed by atoms with E-state index in [-0.39, 0.29) is 5.41 Å². The highest BCUT2D eigenvalue weighted by Crippen LogP contribution is 2.37. The number of benzene rings is 3. The predicted molar refractivity (Wildman–Crippen MR) is 134 cm³/mol. The topological polar surface area (TPSA) is 3.01 Å². The fraction of sp³-hybridized carbons (Fsp3) is 0.321. The predicted octanol–water partition coefficient (Wildman–Crippen LogP) is 5.50. The third-order valence-corrected chi connectivity index (χ3v) is 7.87. The zero-order valence-electron chi connectivity index (χ0n) is 19.1. The molecule has 3 aromatic rings. The van der Waals surface area contributed by atoms with Gasteiger partial charge in [-0.2, -0.15) is 6.21 Å². The number of hydrogen-bond acceptors (Lipinski definition) is 0. The van der Waals surface area contributed by atoms with Gasteiger partial charge in [-0.1, -0.05) is 110 Å². The Labute approximate surface area is 184 Å². The maximum atomic E-state index is 3.85. The van der Waals surface area contributed by atoms with Crippen molar-refractivity contribution in [1.29, 1.82) is 0 Å². The fourth-order valence-electron chi connectivity index (χ4n) is 4.02. The van der Waals surface area contributed by atoms with Crippen molar-refractivity contribution in [3.05, 3.63) is 90.5 Å². The molecule has 0 aliphatic rings. The van der Waals surface area contributed by atoms with Gasteiger partial charge in [0.05, 0.1) is 0 Å². The minimum atomic E-state index is -0.645. The first-order valence-electron chi connectivity index (χ1n) is 10.9. The minimum absolute atomic E-state index is 0.199. The summed E-state index contributed by atoms with van der Waals surface area (Å²) in [5.74, 6) is 0. The van der Waals surface area contributed by atoms with E-state index in [1.165, 1.54) is 21.5 Å². The van der Waals surface area contributed by atoms with E-state index in [9.17, 15) is 0 Å². The molecule has 0 heterocycles. The summed E-state index contributed by atoms with van der Waals surface area (Å²) >= 11 is 0. The first-order valence-corrected chi connectivity index (χ1v) is 12.2. The molecule has 3 rings (SSSR count). The van der Waals surface area contributed by atoms with Gasteiger partial charge in [0.15, 0.2) is 0 Å². The van der Waals surface area contributed by atoms with Gasteiger partial charge in [0.1, 0.15) is 12.1 Å². The molecule has 0 aliphatic carbocycles. The van der Waals surface area contributed by atoms with Gasteiger partial charge in [-0.25, -0.2) is 0 Å². The van der Waals surface area contributed by atoms with E-state index >= 15 is 0 Å². The molecule has 0 spiro atoms. The summed E-state index contributed by atoms with van der Waals surface area (Å²) in [5.41, 5.74) is 1.16. The molecule has 0 aliphatic heterocycles. The van der Waals surface area contributed by atoms with Crippen molar-refractivity contribution in [1.82, 2.24) is 0 Å². The van der Waals surface area contributed by atoms with Gasteiger partial charge in [-0.15, -0.1) is 0 Å². The van der Waals surface area contributed by atoms with Crippen molar-refractivity contribution in [3.63, 3.8) is 0 Å². The molecule has 0 atom stereocenters. The Kier molecular flexibility index (Phi) is 7.27. The van der Waals surface area contributed by atoms with Gasteiger partial charge in [-0.05, 0) is 51.5 Å². The van der Waals surface area contributed by atoms with Crippen molar-refractivity contribution in [2.75, 3.05) is 0 Å². The average molecular weight is 416 g/mol. The van der Waals surface area contributed by atoms with E-state index in [4.69, 9.17) is 0 Å². The van der Waals surface area contributed by atoms with Crippen LogP contribution in [-0.2, 0) is 5.41 Å². The van der Waals surface area contributed by atoms with Gasteiger partial charge < -0.3 is 4.58 Å². The van der Waals surface area contributed by atoms with Crippen LogP contribution >= 0.6 is 7.92 Å². The first-order chi connectivity index (χ1) is 14.3. The summed E-state index contributed by atoms with van der Waals surface area (Å²) in [6.07, 6.45) is 3.85. The molecule has 30 heavy (non-hydrogen) atoms. The molecule has 0 saturated heterocycles. The third-order valence-electron chi connectivity index (χ3n) is 5.37. The summed E-state index contributed by atoms with van der Waals surface area (Å²) in [4.78, 5) is 0. The molecule has 0 bridgehead atoms. The van der Waals surface area contributed by atoms with E-state index < -0.39 is 7.92 Å². The summed E-state index contributed by atoms with van der Waals surface area (Å²) in [5, 5.41) is 4.17. The van der Waals surface area contributed by atoms with Crippen LogP contribution in [0.15, 0.2) is 84.9 Å². The van der Waals surface area contributed by atoms with Crippen LogP contribution in [0.4, 0.5) is 0 Å². The van der Waals surface area contributed by atoms with Gasteiger partial charge in [0.25, 0.3) is 0 Å². The van der Waals surface area contributed by atoms with Gasteiger partial charge in [0.2, 0.25) is 0 Å². The maximum absolute atomic E-state index is 3.85. The normalized spacial score (nSPS) is 11.9. The molecular weight excluding hydrogens is 381 g/mol. The lowest BCUT2D eigenvalue weighted by Gasteiger charge is -2.36. The molecular formula is C28H34NP. The SMILES string of the molecule is CC(C)[N+](=[C-]C(C)(C)c1ccccc1P(c1ccccc1)c1ccccc1)C(C)C. The van der Waals surface area contributed by atoms with Crippen LogP contribution in [0.3, 0.4) is 0 Å². The standard InChI is InChI=1S/C28H34NP/c1-22(2)29(23(3)4)21-28(5,6)26-19-13-14-20-27(26)30(24-15-9-7-10-16-24)25-17-11-8-12-18-25/h7-20,22-23H,1-6H3. The lowest BCUT2D eigenvalue weighted by molar-refractivity contribution is -0.585. The summed E-state index contributed by atoms with van der Waals surface area (Å²) in [6.45, 7) is 13.6. The Morgan fingerprint density at radius 3 is 1.57 bits per heavy atom. The fourth-order valence-corrected chi connectivity index (χ4v) is 6.64. The Morgan fingerprint density at radius 1 is 0.667 bits per heavy atom. The molecule has 0 fully saturated rings. The zero-order valence-corrected chi connectivity index (χ0v) is 20.0. The van der Waals surface area contributed by atoms with Crippen LogP contribution in [-0.4, -0.2) is 22.9 Å². The summed E-state index contributed by atoms with van der Waals surface area (Å²) in [6, 6.07) is 31.7. The molecule has 0 amide bonds. The van der Waals surface area contributed by atoms with E-state index in [1.807, 2.05) is 0 Å². The first kappa shape index (κ1) is 22.4. The Balaban J connectivity index is 2.20. The van der Waals surface area contributed by atoms with E-state index in [1.54, 1.807) is 0 Å². The molecule has 0 N–H and O–H groups in total. The average Bonchev–Trinajstić information content (AvgIpc) is 2.74. The monoisotopic (exact) mass is 415 g/mol. The highest BCUT2D eigenvalue weighted by Gasteiger charge is 2.24. The van der Waals surface area contributed by atoms with Crippen LogP contribution in [0.1, 0.15) is 47.1 Å². The summed E-state index contributed by atoms with van der Waals surface area (Å²) in [7, 11) is -0.645. The maximum Gasteiger partial charge on any atom is 0.115 e. The van der Waals surface area contributed by atoms with Gasteiger partial charge in [-0.3, -0.25) is 0 Å². The molecule has 0 unspecified atom stereocenters. The Bertz CT molecular complexity index is 922. The second kappa shape index (κ2) is 9.71. The molecule has 156 valence electrons. The van der Waals surface area contributed by atoms with E-state index in [2.05, 4.69) is 137 Å². The number of rotatable bonds is 7. The molecule has 0 aromatic heterocycles.